The Labute approximate surface area is 106 Å². The number of halogens is 3. The summed E-state index contributed by atoms with van der Waals surface area (Å²) in [4.78, 5) is 1.97. The zero-order valence-corrected chi connectivity index (χ0v) is 10.8. The Morgan fingerprint density at radius 3 is 2.28 bits per heavy atom. The van der Waals surface area contributed by atoms with E-state index in [9.17, 15) is 18.4 Å². The molecule has 0 spiro atoms. The van der Waals surface area contributed by atoms with E-state index in [1.165, 1.54) is 0 Å². The van der Waals surface area contributed by atoms with Crippen LogP contribution in [-0.2, 0) is 0 Å². The Morgan fingerprint density at radius 1 is 1.33 bits per heavy atom. The van der Waals surface area contributed by atoms with Gasteiger partial charge in [-0.3, -0.25) is 5.32 Å². The monoisotopic (exact) mass is 263 g/mol. The molecule has 0 aromatic heterocycles. The fraction of sp³-hybridized carbons (Fsp3) is 0.917. The molecule has 104 valence electrons. The van der Waals surface area contributed by atoms with Gasteiger partial charge in [-0.15, -0.1) is 0 Å². The lowest BCUT2D eigenvalue weighted by Crippen LogP contribution is -2.50. The Balaban J connectivity index is 2.48. The minimum absolute atomic E-state index is 0.0476. The quantitative estimate of drug-likeness (QED) is 0.844. The van der Waals surface area contributed by atoms with Gasteiger partial charge in [0.15, 0.2) is 0 Å². The zero-order valence-electron chi connectivity index (χ0n) is 10.8. The van der Waals surface area contributed by atoms with Gasteiger partial charge in [0, 0.05) is 13.1 Å². The van der Waals surface area contributed by atoms with E-state index in [2.05, 4.69) is 11.4 Å². The maximum Gasteiger partial charge on any atom is 0.391 e. The summed E-state index contributed by atoms with van der Waals surface area (Å²) in [6, 6.07) is 2.17. The SMILES string of the molecule is CN(C)CCNC1(C#N)CCC(C(F)(F)F)CC1. The van der Waals surface area contributed by atoms with Crippen LogP contribution in [0.1, 0.15) is 25.7 Å². The first-order chi connectivity index (χ1) is 8.29. The number of alkyl halides is 3. The lowest BCUT2D eigenvalue weighted by molar-refractivity contribution is -0.184. The van der Waals surface area contributed by atoms with Crippen molar-refractivity contribution in [2.24, 2.45) is 5.92 Å². The Hall–Kier alpha value is -0.800. The highest BCUT2D eigenvalue weighted by atomic mass is 19.4. The first kappa shape index (κ1) is 15.3. The van der Waals surface area contributed by atoms with Gasteiger partial charge in [-0.1, -0.05) is 0 Å². The van der Waals surface area contributed by atoms with Crippen molar-refractivity contribution < 1.29 is 13.2 Å². The molecule has 1 rings (SSSR count). The van der Waals surface area contributed by atoms with Crippen LogP contribution < -0.4 is 5.32 Å². The van der Waals surface area contributed by atoms with Crippen LogP contribution >= 0.6 is 0 Å². The highest BCUT2D eigenvalue weighted by Crippen LogP contribution is 2.40. The Kier molecular flexibility index (Phi) is 5.00. The topological polar surface area (TPSA) is 39.1 Å². The lowest BCUT2D eigenvalue weighted by atomic mass is 9.77. The minimum Gasteiger partial charge on any atom is -0.308 e. The molecule has 3 nitrogen and oxygen atoms in total. The Morgan fingerprint density at radius 2 is 1.89 bits per heavy atom. The average Bonchev–Trinajstić information content (AvgIpc) is 2.28. The third-order valence-corrected chi connectivity index (χ3v) is 3.54. The summed E-state index contributed by atoms with van der Waals surface area (Å²) in [5.74, 6) is -1.24. The second kappa shape index (κ2) is 5.89. The molecule has 0 bridgehead atoms. The molecule has 1 N–H and O–H groups in total. The highest BCUT2D eigenvalue weighted by Gasteiger charge is 2.45. The maximum absolute atomic E-state index is 12.5. The Bertz CT molecular complexity index is 299. The molecule has 0 radical (unpaired) electrons. The number of rotatable bonds is 4. The summed E-state index contributed by atoms with van der Waals surface area (Å²) < 4.78 is 37.6. The number of nitrogens with zero attached hydrogens (tertiary/aromatic N) is 2. The zero-order chi connectivity index (χ0) is 13.8. The third-order valence-electron chi connectivity index (χ3n) is 3.54. The molecular formula is C12H20F3N3. The van der Waals surface area contributed by atoms with Crippen molar-refractivity contribution in [3.05, 3.63) is 0 Å². The van der Waals surface area contributed by atoms with Crippen LogP contribution in [-0.4, -0.2) is 43.8 Å². The smallest absolute Gasteiger partial charge is 0.308 e. The number of likely N-dealkylation sites (N-methyl/N-ethyl adjacent to an activating group) is 1. The largest absolute Gasteiger partial charge is 0.391 e. The van der Waals surface area contributed by atoms with Gasteiger partial charge in [-0.05, 0) is 39.8 Å². The molecule has 0 atom stereocenters. The molecule has 0 saturated heterocycles. The predicted octanol–water partition coefficient (Wildman–Crippen LogP) is 2.15. The molecule has 0 aromatic rings. The van der Waals surface area contributed by atoms with Gasteiger partial charge in [0.25, 0.3) is 0 Å². The van der Waals surface area contributed by atoms with E-state index in [1.807, 2.05) is 19.0 Å². The maximum atomic E-state index is 12.5. The van der Waals surface area contributed by atoms with Crippen molar-refractivity contribution >= 4 is 0 Å². The first-order valence-corrected chi connectivity index (χ1v) is 6.17. The predicted molar refractivity (Wildman–Crippen MR) is 62.9 cm³/mol. The molecule has 1 saturated carbocycles. The van der Waals surface area contributed by atoms with Crippen molar-refractivity contribution in [2.45, 2.75) is 37.4 Å². The van der Waals surface area contributed by atoms with Crippen LogP contribution in [0.3, 0.4) is 0 Å². The fourth-order valence-corrected chi connectivity index (χ4v) is 2.28. The van der Waals surface area contributed by atoms with Gasteiger partial charge in [-0.25, -0.2) is 0 Å². The van der Waals surface area contributed by atoms with Crippen LogP contribution in [0.2, 0.25) is 0 Å². The van der Waals surface area contributed by atoms with E-state index in [0.29, 0.717) is 6.54 Å². The molecule has 0 unspecified atom stereocenters. The van der Waals surface area contributed by atoms with E-state index in [4.69, 9.17) is 0 Å². The van der Waals surface area contributed by atoms with E-state index in [-0.39, 0.29) is 25.7 Å². The van der Waals surface area contributed by atoms with Crippen LogP contribution in [0.15, 0.2) is 0 Å². The second-order valence-electron chi connectivity index (χ2n) is 5.24. The highest BCUT2D eigenvalue weighted by molar-refractivity contribution is 5.09. The molecule has 1 fully saturated rings. The molecule has 1 aliphatic rings. The second-order valence-corrected chi connectivity index (χ2v) is 5.24. The molecule has 0 heterocycles. The number of hydrogen-bond donors (Lipinski definition) is 1. The molecular weight excluding hydrogens is 243 g/mol. The van der Waals surface area contributed by atoms with Crippen molar-refractivity contribution in [3.8, 4) is 6.07 Å². The van der Waals surface area contributed by atoms with Crippen molar-refractivity contribution in [2.75, 3.05) is 27.2 Å². The van der Waals surface area contributed by atoms with Crippen molar-refractivity contribution in [3.63, 3.8) is 0 Å². The van der Waals surface area contributed by atoms with Crippen LogP contribution in [0, 0.1) is 17.2 Å². The summed E-state index contributed by atoms with van der Waals surface area (Å²) in [6.07, 6.45) is -3.47. The van der Waals surface area contributed by atoms with Crippen LogP contribution in [0.5, 0.6) is 0 Å². The van der Waals surface area contributed by atoms with Gasteiger partial charge in [0.2, 0.25) is 0 Å². The number of nitrogens with one attached hydrogen (secondary N) is 1. The summed E-state index contributed by atoms with van der Waals surface area (Å²) in [5, 5.41) is 12.3. The van der Waals surface area contributed by atoms with Gasteiger partial charge in [0.1, 0.15) is 5.54 Å². The van der Waals surface area contributed by atoms with E-state index in [0.717, 1.165) is 6.54 Å². The van der Waals surface area contributed by atoms with Crippen LogP contribution in [0.4, 0.5) is 13.2 Å². The molecule has 18 heavy (non-hydrogen) atoms. The third kappa shape index (κ3) is 4.14. The van der Waals surface area contributed by atoms with Crippen molar-refractivity contribution in [1.29, 1.82) is 5.26 Å². The summed E-state index contributed by atoms with van der Waals surface area (Å²) in [6.45, 7) is 1.39. The van der Waals surface area contributed by atoms with E-state index >= 15 is 0 Å². The minimum atomic E-state index is -4.12. The molecule has 0 amide bonds. The van der Waals surface area contributed by atoms with Crippen molar-refractivity contribution in [1.82, 2.24) is 10.2 Å². The van der Waals surface area contributed by atoms with Gasteiger partial charge in [0.05, 0.1) is 12.0 Å². The summed E-state index contributed by atoms with van der Waals surface area (Å²) in [7, 11) is 3.84. The van der Waals surface area contributed by atoms with Crippen LogP contribution in [0.25, 0.3) is 0 Å². The number of nitriles is 1. The van der Waals surface area contributed by atoms with E-state index < -0.39 is 17.6 Å². The summed E-state index contributed by atoms with van der Waals surface area (Å²) in [5.41, 5.74) is -0.766. The molecule has 1 aliphatic carbocycles. The standard InChI is InChI=1S/C12H20F3N3/c1-18(2)8-7-17-11(9-16)5-3-10(4-6-11)12(13,14)15/h10,17H,3-8H2,1-2H3. The van der Waals surface area contributed by atoms with Gasteiger partial charge < -0.3 is 4.90 Å². The molecule has 0 aliphatic heterocycles. The normalized spacial score (nSPS) is 29.3. The summed E-state index contributed by atoms with van der Waals surface area (Å²) >= 11 is 0. The first-order valence-electron chi connectivity index (χ1n) is 6.17. The lowest BCUT2D eigenvalue weighted by Gasteiger charge is -2.36. The van der Waals surface area contributed by atoms with Gasteiger partial charge in [-0.2, -0.15) is 18.4 Å². The average molecular weight is 263 g/mol. The fourth-order valence-electron chi connectivity index (χ4n) is 2.28. The van der Waals surface area contributed by atoms with E-state index in [1.54, 1.807) is 0 Å². The van der Waals surface area contributed by atoms with Gasteiger partial charge >= 0.3 is 6.18 Å². The number of hydrogen-bond acceptors (Lipinski definition) is 3. The molecule has 0 aromatic carbocycles. The molecule has 6 heteroatoms.